The number of hydrogen-bond donors (Lipinski definition) is 2. The summed E-state index contributed by atoms with van der Waals surface area (Å²) in [5.74, 6) is 0.579. The van der Waals surface area contributed by atoms with Crippen molar-refractivity contribution in [2.24, 2.45) is 5.92 Å². The molecule has 2 N–H and O–H groups in total. The van der Waals surface area contributed by atoms with Crippen molar-refractivity contribution in [1.82, 2.24) is 19.3 Å². The van der Waals surface area contributed by atoms with Gasteiger partial charge in [0.15, 0.2) is 0 Å². The van der Waals surface area contributed by atoms with Gasteiger partial charge < -0.3 is 5.32 Å². The molecule has 0 aromatic carbocycles. The van der Waals surface area contributed by atoms with E-state index in [4.69, 9.17) is 0 Å². The average Bonchev–Trinajstić information content (AvgIpc) is 2.83. The molecule has 0 unspecified atom stereocenters. The van der Waals surface area contributed by atoms with E-state index in [2.05, 4.69) is 15.0 Å². The van der Waals surface area contributed by atoms with Crippen molar-refractivity contribution < 1.29 is 8.42 Å². The van der Waals surface area contributed by atoms with Crippen LogP contribution in [0.25, 0.3) is 0 Å². The normalized spacial score (nSPS) is 18.5. The fourth-order valence-electron chi connectivity index (χ4n) is 2.39. The lowest BCUT2D eigenvalue weighted by molar-refractivity contribution is 0.268. The van der Waals surface area contributed by atoms with E-state index in [1.165, 1.54) is 11.3 Å². The summed E-state index contributed by atoms with van der Waals surface area (Å²) in [5, 5.41) is 3.15. The van der Waals surface area contributed by atoms with Gasteiger partial charge >= 0.3 is 0 Å². The van der Waals surface area contributed by atoms with Crippen molar-refractivity contribution in [3.05, 3.63) is 16.1 Å². The van der Waals surface area contributed by atoms with Gasteiger partial charge in [0.05, 0.1) is 11.2 Å². The van der Waals surface area contributed by atoms with Gasteiger partial charge in [0.1, 0.15) is 0 Å². The lowest BCUT2D eigenvalue weighted by Crippen LogP contribution is -2.45. The Morgan fingerprint density at radius 2 is 2.15 bits per heavy atom. The van der Waals surface area contributed by atoms with Crippen molar-refractivity contribution in [2.75, 3.05) is 26.7 Å². The summed E-state index contributed by atoms with van der Waals surface area (Å²) in [6.07, 6.45) is 1.84. The number of aromatic nitrogens is 1. The Bertz CT molecular complexity index is 521. The van der Waals surface area contributed by atoms with Crippen molar-refractivity contribution in [1.29, 1.82) is 0 Å². The Labute approximate surface area is 124 Å². The monoisotopic (exact) mass is 318 g/mol. The highest BCUT2D eigenvalue weighted by atomic mass is 32.2. The molecular formula is C12H22N4O2S2. The van der Waals surface area contributed by atoms with E-state index in [0.29, 0.717) is 25.6 Å². The van der Waals surface area contributed by atoms with Crippen LogP contribution in [0.15, 0.2) is 5.51 Å². The highest BCUT2D eigenvalue weighted by molar-refractivity contribution is 7.87. The van der Waals surface area contributed by atoms with Gasteiger partial charge in [-0.25, -0.2) is 4.98 Å². The summed E-state index contributed by atoms with van der Waals surface area (Å²) < 4.78 is 28.7. The van der Waals surface area contributed by atoms with E-state index >= 15 is 0 Å². The van der Waals surface area contributed by atoms with Crippen LogP contribution in [0.4, 0.5) is 0 Å². The predicted molar refractivity (Wildman–Crippen MR) is 80.8 cm³/mol. The molecule has 0 aliphatic carbocycles. The third-order valence-electron chi connectivity index (χ3n) is 3.67. The number of hydrogen-bond acceptors (Lipinski definition) is 5. The van der Waals surface area contributed by atoms with Gasteiger partial charge in [-0.15, -0.1) is 11.3 Å². The van der Waals surface area contributed by atoms with Crippen molar-refractivity contribution in [2.45, 2.75) is 26.3 Å². The number of thiazole rings is 1. The zero-order valence-corrected chi connectivity index (χ0v) is 13.6. The van der Waals surface area contributed by atoms with Gasteiger partial charge in [-0.2, -0.15) is 17.4 Å². The molecule has 0 spiro atoms. The largest absolute Gasteiger partial charge is 0.319 e. The maximum absolute atomic E-state index is 12.2. The highest BCUT2D eigenvalue weighted by Gasteiger charge is 2.27. The van der Waals surface area contributed by atoms with Crippen molar-refractivity contribution in [3.63, 3.8) is 0 Å². The van der Waals surface area contributed by atoms with E-state index in [1.54, 1.807) is 9.82 Å². The van der Waals surface area contributed by atoms with Crippen LogP contribution in [0, 0.1) is 12.8 Å². The van der Waals surface area contributed by atoms with E-state index in [0.717, 1.165) is 30.0 Å². The smallest absolute Gasteiger partial charge is 0.279 e. The molecule has 2 heterocycles. The Balaban J connectivity index is 1.87. The van der Waals surface area contributed by atoms with E-state index < -0.39 is 10.2 Å². The van der Waals surface area contributed by atoms with Crippen LogP contribution < -0.4 is 10.0 Å². The van der Waals surface area contributed by atoms with Gasteiger partial charge in [-0.1, -0.05) is 0 Å². The Kier molecular flexibility index (Phi) is 5.50. The molecule has 0 bridgehead atoms. The molecule has 2 rings (SSSR count). The molecule has 6 nitrogen and oxygen atoms in total. The van der Waals surface area contributed by atoms with Gasteiger partial charge in [-0.3, -0.25) is 0 Å². The Hall–Kier alpha value is -0.540. The van der Waals surface area contributed by atoms with Crippen LogP contribution in [0.3, 0.4) is 0 Å². The summed E-state index contributed by atoms with van der Waals surface area (Å²) in [4.78, 5) is 5.09. The summed E-state index contributed by atoms with van der Waals surface area (Å²) in [7, 11) is -1.44. The standard InChI is InChI=1S/C12H22N4O2S2/c1-10-12(19-9-14-10)8-15-20(17,18)16-5-3-11(4-6-16)7-13-2/h9,11,13,15H,3-8H2,1-2H3. The maximum Gasteiger partial charge on any atom is 0.279 e. The van der Waals surface area contributed by atoms with E-state index in [1.807, 2.05) is 14.0 Å². The van der Waals surface area contributed by atoms with Crippen LogP contribution >= 0.6 is 11.3 Å². The Morgan fingerprint density at radius 1 is 1.45 bits per heavy atom. The van der Waals surface area contributed by atoms with Gasteiger partial charge in [-0.05, 0) is 39.3 Å². The Morgan fingerprint density at radius 3 is 2.70 bits per heavy atom. The highest BCUT2D eigenvalue weighted by Crippen LogP contribution is 2.19. The predicted octanol–water partition coefficient (Wildman–Crippen LogP) is 0.717. The molecule has 114 valence electrons. The average molecular weight is 318 g/mol. The van der Waals surface area contributed by atoms with Crippen LogP contribution in [-0.4, -0.2) is 44.4 Å². The molecule has 0 atom stereocenters. The van der Waals surface area contributed by atoms with Crippen LogP contribution in [0.2, 0.25) is 0 Å². The topological polar surface area (TPSA) is 74.3 Å². The molecule has 1 aromatic heterocycles. The first kappa shape index (κ1) is 15.8. The molecule has 1 aliphatic heterocycles. The summed E-state index contributed by atoms with van der Waals surface area (Å²) in [5.41, 5.74) is 2.63. The minimum absolute atomic E-state index is 0.329. The second kappa shape index (κ2) is 6.95. The second-order valence-electron chi connectivity index (χ2n) is 5.09. The first-order valence-corrected chi connectivity index (χ1v) is 9.13. The van der Waals surface area contributed by atoms with Gasteiger partial charge in [0, 0.05) is 24.5 Å². The fourth-order valence-corrected chi connectivity index (χ4v) is 4.40. The van der Waals surface area contributed by atoms with Crippen molar-refractivity contribution >= 4 is 21.5 Å². The summed E-state index contributed by atoms with van der Waals surface area (Å²) >= 11 is 1.48. The fraction of sp³-hybridized carbons (Fsp3) is 0.750. The minimum atomic E-state index is -3.37. The van der Waals surface area contributed by atoms with Crippen molar-refractivity contribution in [3.8, 4) is 0 Å². The first-order valence-electron chi connectivity index (χ1n) is 6.81. The number of nitrogens with zero attached hydrogens (tertiary/aromatic N) is 2. The molecule has 1 aromatic rings. The number of rotatable bonds is 6. The SMILES string of the molecule is CNCC1CCN(S(=O)(=O)NCc2scnc2C)CC1. The molecular weight excluding hydrogens is 296 g/mol. The molecule has 0 radical (unpaired) electrons. The summed E-state index contributed by atoms with van der Waals surface area (Å²) in [6, 6.07) is 0. The van der Waals surface area contributed by atoms with Gasteiger partial charge in [0.25, 0.3) is 10.2 Å². The molecule has 0 amide bonds. The molecule has 0 saturated carbocycles. The zero-order valence-electron chi connectivity index (χ0n) is 11.9. The van der Waals surface area contributed by atoms with E-state index in [9.17, 15) is 8.42 Å². The van der Waals surface area contributed by atoms with E-state index in [-0.39, 0.29) is 0 Å². The quantitative estimate of drug-likeness (QED) is 0.810. The minimum Gasteiger partial charge on any atom is -0.319 e. The third-order valence-corrected chi connectivity index (χ3v) is 6.16. The molecule has 1 saturated heterocycles. The molecule has 1 aliphatic rings. The molecule has 20 heavy (non-hydrogen) atoms. The number of piperidine rings is 1. The van der Waals surface area contributed by atoms with Crippen LogP contribution in [-0.2, 0) is 16.8 Å². The van der Waals surface area contributed by atoms with Gasteiger partial charge in [0.2, 0.25) is 0 Å². The van der Waals surface area contributed by atoms with Crippen LogP contribution in [0.1, 0.15) is 23.4 Å². The second-order valence-corrected chi connectivity index (χ2v) is 7.78. The zero-order chi connectivity index (χ0) is 14.6. The number of nitrogens with one attached hydrogen (secondary N) is 2. The summed E-state index contributed by atoms with van der Waals surface area (Å²) in [6.45, 7) is 4.38. The maximum atomic E-state index is 12.2. The molecule has 1 fully saturated rings. The lowest BCUT2D eigenvalue weighted by Gasteiger charge is -2.31. The molecule has 8 heteroatoms. The lowest BCUT2D eigenvalue weighted by atomic mass is 9.98. The third kappa shape index (κ3) is 3.98. The number of aryl methyl sites for hydroxylation is 1. The first-order chi connectivity index (χ1) is 9.53. The van der Waals surface area contributed by atoms with Crippen LogP contribution in [0.5, 0.6) is 0 Å².